The Morgan fingerprint density at radius 3 is 2.50 bits per heavy atom. The molecule has 1 aliphatic rings. The number of allylic oxidation sites excluding steroid dienone is 3. The molecule has 4 rings (SSSR count). The average molecular weight is 812 g/mol. The molecule has 0 fully saturated rings. The molecule has 1 aromatic heterocycles. The van der Waals surface area contributed by atoms with Crippen molar-refractivity contribution in [2.75, 3.05) is 4.93 Å². The predicted octanol–water partition coefficient (Wildman–Crippen LogP) is 3.56. The van der Waals surface area contributed by atoms with Gasteiger partial charge >= 0.3 is 249 Å². The van der Waals surface area contributed by atoms with Crippen molar-refractivity contribution in [3.63, 3.8) is 0 Å². The second-order valence-corrected chi connectivity index (χ2v) is 14.0. The summed E-state index contributed by atoms with van der Waals surface area (Å²) in [6.45, 7) is 6.67. The van der Waals surface area contributed by atoms with E-state index < -0.39 is 5.91 Å². The third kappa shape index (κ3) is 5.97. The van der Waals surface area contributed by atoms with Gasteiger partial charge in [0.2, 0.25) is 0 Å². The number of aromatic nitrogens is 1. The normalized spacial score (nSPS) is 13.7. The van der Waals surface area contributed by atoms with Crippen molar-refractivity contribution in [1.82, 2.24) is 4.98 Å². The number of nitrogens with two attached hydrogens (primary N) is 1. The van der Waals surface area contributed by atoms with E-state index in [2.05, 4.69) is 102 Å². The van der Waals surface area contributed by atoms with Gasteiger partial charge in [-0.25, -0.2) is 0 Å². The number of fused-ring (bicyclic) bond motifs is 1. The maximum absolute atomic E-state index is 11.5. The molecule has 0 aliphatic carbocycles. The molecule has 3 aromatic rings. The summed E-state index contributed by atoms with van der Waals surface area (Å²) in [5, 5.41) is 1.12. The van der Waals surface area contributed by atoms with Gasteiger partial charge in [-0.3, -0.25) is 0 Å². The number of carbonyl (C=O) groups is 1. The van der Waals surface area contributed by atoms with E-state index in [9.17, 15) is 4.79 Å². The monoisotopic (exact) mass is 812 g/mol. The van der Waals surface area contributed by atoms with Crippen molar-refractivity contribution in [2.45, 2.75) is 26.2 Å². The van der Waals surface area contributed by atoms with Gasteiger partial charge in [0.1, 0.15) is 0 Å². The van der Waals surface area contributed by atoms with Gasteiger partial charge in [-0.2, -0.15) is 0 Å². The maximum atomic E-state index is 11.5. The van der Waals surface area contributed by atoms with Crippen molar-refractivity contribution >= 4 is 70.1 Å². The fraction of sp³-hybridized carbons (Fsp3) is 0.172. The molecule has 2 aromatic carbocycles. The van der Waals surface area contributed by atoms with Crippen molar-refractivity contribution in [1.29, 1.82) is 0 Å². The summed E-state index contributed by atoms with van der Waals surface area (Å²) < 4.78 is 10.4. The Labute approximate surface area is 246 Å². The van der Waals surface area contributed by atoms with E-state index in [0.717, 1.165) is 39.0 Å². The van der Waals surface area contributed by atoms with Crippen LogP contribution in [0.5, 0.6) is 0 Å². The third-order valence-corrected chi connectivity index (χ3v) is 9.77. The summed E-state index contributed by atoms with van der Waals surface area (Å²) in [5.41, 5.74) is 12.6. The van der Waals surface area contributed by atoms with Crippen LogP contribution in [-0.2, 0) is 5.41 Å². The van der Waals surface area contributed by atoms with E-state index in [1.807, 2.05) is 12.1 Å². The minimum absolute atomic E-state index is 0.0257. The zero-order chi connectivity index (χ0) is 25.9. The average Bonchev–Trinajstić information content (AvgIpc) is 2.88. The number of primary amides is 1. The first-order valence-corrected chi connectivity index (χ1v) is 17.8. The number of nitrogens with zero attached hydrogens (tertiary/aromatic N) is 2. The van der Waals surface area contributed by atoms with E-state index in [1.165, 1.54) is 9.13 Å². The van der Waals surface area contributed by atoms with Crippen LogP contribution in [0.2, 0.25) is 0 Å². The van der Waals surface area contributed by atoms with E-state index >= 15 is 0 Å². The molecule has 0 bridgehead atoms. The molecule has 184 valence electrons. The van der Waals surface area contributed by atoms with Gasteiger partial charge in [0, 0.05) is 0 Å². The Morgan fingerprint density at radius 2 is 1.92 bits per heavy atom. The Kier molecular flexibility index (Phi) is 8.78. The Morgan fingerprint density at radius 1 is 1.17 bits per heavy atom. The summed E-state index contributed by atoms with van der Waals surface area (Å²) in [6.07, 6.45) is 4.22. The summed E-state index contributed by atoms with van der Waals surface area (Å²) >= 11 is 1.88. The van der Waals surface area contributed by atoms with Gasteiger partial charge in [-0.05, 0) is 0 Å². The van der Waals surface area contributed by atoms with E-state index in [-0.39, 0.29) is 47.4 Å². The molecule has 2 heterocycles. The van der Waals surface area contributed by atoms with Crippen LogP contribution in [-0.4, -0.2) is 25.5 Å². The number of halogens is 3. The van der Waals surface area contributed by atoms with Crippen molar-refractivity contribution < 1.29 is 26.0 Å². The summed E-state index contributed by atoms with van der Waals surface area (Å²) in [6, 6.07) is 13.8. The van der Waals surface area contributed by atoms with Crippen molar-refractivity contribution in [2.24, 2.45) is 8.94 Å². The van der Waals surface area contributed by atoms with Gasteiger partial charge in [-0.1, -0.05) is 0 Å². The number of rotatable bonds is 4. The van der Waals surface area contributed by atoms with Gasteiger partial charge < -0.3 is 0 Å². The molecule has 36 heavy (non-hydrogen) atoms. The van der Waals surface area contributed by atoms with Crippen molar-refractivity contribution in [3.05, 3.63) is 84.5 Å². The van der Waals surface area contributed by atoms with Crippen LogP contribution in [0.3, 0.4) is 0 Å². The van der Waals surface area contributed by atoms with Gasteiger partial charge in [0.15, 0.2) is 0 Å². The summed E-state index contributed by atoms with van der Waals surface area (Å²) in [4.78, 5) is 18.9. The number of hydrogen-bond acceptors (Lipinski definition) is 3. The minimum atomic E-state index is -0.436. The van der Waals surface area contributed by atoms with Crippen LogP contribution in [0.1, 0.15) is 42.3 Å². The topological polar surface area (TPSA) is 68.3 Å². The molecule has 0 spiro atoms. The molecular weight excluding hydrogens is 787 g/mol. The molecule has 0 saturated heterocycles. The summed E-state index contributed by atoms with van der Waals surface area (Å²) in [7, 11) is 0. The SMILES string of the molecule is C[I-]c1ccc2nc(-c3ccc(C(N)=O)cc3)cc(C(C)(C)C)c2c1/C(C#CC1=CC=IC=C1)=N\I. The van der Waals surface area contributed by atoms with Crippen LogP contribution in [0.15, 0.2) is 67.5 Å². The predicted molar refractivity (Wildman–Crippen MR) is 165 cm³/mol. The van der Waals surface area contributed by atoms with E-state index in [4.69, 9.17) is 10.7 Å². The molecule has 0 saturated carbocycles. The molecule has 0 radical (unpaired) electrons. The number of amides is 1. The molecular formula is C29H25I3N3O-. The molecule has 1 aliphatic heterocycles. The van der Waals surface area contributed by atoms with Gasteiger partial charge in [-0.15, -0.1) is 0 Å². The summed E-state index contributed by atoms with van der Waals surface area (Å²) in [5.74, 6) is 6.27. The number of alkyl halides is 1. The molecule has 0 atom stereocenters. The first kappa shape index (κ1) is 27.1. The van der Waals surface area contributed by atoms with E-state index in [1.54, 1.807) is 12.1 Å². The third-order valence-electron chi connectivity index (χ3n) is 5.68. The molecule has 4 nitrogen and oxygen atoms in total. The first-order valence-electron chi connectivity index (χ1n) is 11.1. The fourth-order valence-electron chi connectivity index (χ4n) is 3.88. The second-order valence-electron chi connectivity index (χ2n) is 9.10. The second kappa shape index (κ2) is 11.6. The van der Waals surface area contributed by atoms with Crippen LogP contribution < -0.4 is 26.9 Å². The quantitative estimate of drug-likeness (QED) is 0.190. The Bertz CT molecular complexity index is 1530. The Balaban J connectivity index is 1.97. The van der Waals surface area contributed by atoms with Crippen LogP contribution in [0.4, 0.5) is 0 Å². The molecule has 0 unspecified atom stereocenters. The zero-order valence-corrected chi connectivity index (χ0v) is 26.8. The van der Waals surface area contributed by atoms with Crippen LogP contribution in [0.25, 0.3) is 22.2 Å². The fourth-order valence-corrected chi connectivity index (χ4v) is 7.28. The molecule has 7 heteroatoms. The van der Waals surface area contributed by atoms with Gasteiger partial charge in [0.25, 0.3) is 0 Å². The number of benzene rings is 2. The number of pyridine rings is 1. The molecule has 2 N–H and O–H groups in total. The standard InChI is InChI=1S/C29H25I3N3O/c1-29(2,3)21-17-25(19-6-8-20(9-7-19)28(33)36)34-23-12-10-22(31-4)27(26(21)23)24(35-30)11-5-18-13-15-32-16-14-18/h6-10,12-17H,1-4H3,(H2,33,36)/q-1/b35-24-. The molecule has 1 amide bonds. The van der Waals surface area contributed by atoms with E-state index in [0.29, 0.717) is 5.56 Å². The van der Waals surface area contributed by atoms with Crippen molar-refractivity contribution in [3.8, 4) is 23.1 Å². The first-order chi connectivity index (χ1) is 17.2. The van der Waals surface area contributed by atoms with Crippen LogP contribution in [0, 0.1) is 15.4 Å². The van der Waals surface area contributed by atoms with Crippen LogP contribution >= 0.6 is 43.6 Å². The number of carbonyl (C=O) groups excluding carboxylic acids is 1. The van der Waals surface area contributed by atoms with Gasteiger partial charge in [0.05, 0.1) is 0 Å². The number of hydrogen-bond donors (Lipinski definition) is 1. The Hall–Kier alpha value is -1.91. The zero-order valence-electron chi connectivity index (χ0n) is 20.4.